The lowest BCUT2D eigenvalue weighted by atomic mass is 10.0. The molecule has 0 heterocycles. The normalized spacial score (nSPS) is 10.6. The minimum Gasteiger partial charge on any atom is -0.493 e. The second-order valence-corrected chi connectivity index (χ2v) is 5.68. The van der Waals surface area contributed by atoms with Gasteiger partial charge >= 0.3 is 0 Å². The van der Waals surface area contributed by atoms with Gasteiger partial charge in [0.15, 0.2) is 11.5 Å². The molecule has 0 aromatic heterocycles. The highest BCUT2D eigenvalue weighted by molar-refractivity contribution is 9.10. The van der Waals surface area contributed by atoms with Crippen molar-refractivity contribution >= 4 is 27.6 Å². The quantitative estimate of drug-likeness (QED) is 0.550. The van der Waals surface area contributed by atoms with E-state index >= 15 is 0 Å². The maximum atomic E-state index is 9.45. The molecule has 120 valence electrons. The number of benzene rings is 2. The summed E-state index contributed by atoms with van der Waals surface area (Å²) in [5, 5.41) is 18.3. The van der Waals surface area contributed by atoms with Crippen molar-refractivity contribution in [1.82, 2.24) is 0 Å². The molecule has 24 heavy (non-hydrogen) atoms. The fraction of sp³-hybridized carbons (Fsp3) is 0.158. The minimum absolute atomic E-state index is 0.498. The molecular weight excluding hydrogens is 368 g/mol. The minimum atomic E-state index is 0.498. The summed E-state index contributed by atoms with van der Waals surface area (Å²) in [6, 6.07) is 14.8. The Morgan fingerprint density at radius 3 is 2.46 bits per heavy atom. The van der Waals surface area contributed by atoms with Crippen LogP contribution in [0.1, 0.15) is 23.6 Å². The number of halogens is 1. The van der Waals surface area contributed by atoms with Crippen LogP contribution in [0.4, 0.5) is 0 Å². The number of nitriles is 2. The lowest BCUT2D eigenvalue weighted by Crippen LogP contribution is -1.97. The van der Waals surface area contributed by atoms with E-state index in [1.807, 2.05) is 19.1 Å². The predicted octanol–water partition coefficient (Wildman–Crippen LogP) is 4.79. The molecular formula is C19H15BrN2O2. The van der Waals surface area contributed by atoms with Crippen molar-refractivity contribution in [2.24, 2.45) is 0 Å². The van der Waals surface area contributed by atoms with E-state index in [2.05, 4.69) is 28.1 Å². The molecule has 0 aliphatic carbocycles. The van der Waals surface area contributed by atoms with Gasteiger partial charge in [-0.15, -0.1) is 0 Å². The lowest BCUT2D eigenvalue weighted by molar-refractivity contribution is 0.309. The highest BCUT2D eigenvalue weighted by Gasteiger charge is 2.11. The van der Waals surface area contributed by atoms with Crippen molar-refractivity contribution in [2.45, 2.75) is 6.92 Å². The number of ether oxygens (including phenoxy) is 2. The van der Waals surface area contributed by atoms with Gasteiger partial charge in [0, 0.05) is 0 Å². The van der Waals surface area contributed by atoms with E-state index in [1.54, 1.807) is 37.5 Å². The number of rotatable bonds is 5. The van der Waals surface area contributed by atoms with Crippen LogP contribution in [-0.4, -0.2) is 13.7 Å². The molecule has 0 saturated carbocycles. The average Bonchev–Trinajstić information content (AvgIpc) is 2.61. The van der Waals surface area contributed by atoms with E-state index in [-0.39, 0.29) is 0 Å². The topological polar surface area (TPSA) is 66.0 Å². The maximum absolute atomic E-state index is 9.45. The summed E-state index contributed by atoms with van der Waals surface area (Å²) in [6.07, 6.45) is 1.77. The Kier molecular flexibility index (Phi) is 6.01. The van der Waals surface area contributed by atoms with Gasteiger partial charge in [0.1, 0.15) is 0 Å². The third-order valence-corrected chi connectivity index (χ3v) is 3.89. The van der Waals surface area contributed by atoms with Crippen LogP contribution in [0.15, 0.2) is 40.9 Å². The monoisotopic (exact) mass is 382 g/mol. The molecule has 0 unspecified atom stereocenters. The summed E-state index contributed by atoms with van der Waals surface area (Å²) in [7, 11) is 1.57. The third-order valence-electron chi connectivity index (χ3n) is 3.30. The molecule has 0 aliphatic rings. The Bertz CT molecular complexity index is 843. The second kappa shape index (κ2) is 8.19. The summed E-state index contributed by atoms with van der Waals surface area (Å²) < 4.78 is 11.7. The van der Waals surface area contributed by atoms with Crippen molar-refractivity contribution in [3.05, 3.63) is 57.6 Å². The van der Waals surface area contributed by atoms with Crippen LogP contribution in [0.2, 0.25) is 0 Å². The Hall–Kier alpha value is -2.76. The molecule has 2 rings (SSSR count). The van der Waals surface area contributed by atoms with Crippen LogP contribution in [0.25, 0.3) is 11.6 Å². The molecule has 0 fully saturated rings. The first-order valence-corrected chi connectivity index (χ1v) is 8.04. The summed E-state index contributed by atoms with van der Waals surface area (Å²) in [4.78, 5) is 0. The molecule has 0 N–H and O–H groups in total. The number of methoxy groups -OCH3 is 1. The zero-order valence-corrected chi connectivity index (χ0v) is 14.9. The standard InChI is InChI=1S/C19H15BrN2O2/c1-3-24-19-17(20)9-14(10-18(19)23-2)8-16(12-22)15-6-4-13(11-21)5-7-15/h4-10H,3H2,1-2H3/b16-8-. The number of nitrogens with zero attached hydrogens (tertiary/aromatic N) is 2. The summed E-state index contributed by atoms with van der Waals surface area (Å²) in [5.74, 6) is 1.23. The molecule has 0 spiro atoms. The zero-order valence-electron chi connectivity index (χ0n) is 13.3. The van der Waals surface area contributed by atoms with Crippen LogP contribution in [0.5, 0.6) is 11.5 Å². The maximum Gasteiger partial charge on any atom is 0.175 e. The molecule has 2 aromatic carbocycles. The molecule has 0 amide bonds. The first-order chi connectivity index (χ1) is 11.6. The fourth-order valence-corrected chi connectivity index (χ4v) is 2.75. The van der Waals surface area contributed by atoms with Gasteiger partial charge in [-0.3, -0.25) is 0 Å². The van der Waals surface area contributed by atoms with Crippen LogP contribution >= 0.6 is 15.9 Å². The number of hydrogen-bond donors (Lipinski definition) is 0. The molecule has 0 atom stereocenters. The van der Waals surface area contributed by atoms with E-state index in [1.165, 1.54) is 0 Å². The van der Waals surface area contributed by atoms with Gasteiger partial charge in [0.05, 0.1) is 41.5 Å². The molecule has 0 aliphatic heterocycles. The van der Waals surface area contributed by atoms with E-state index in [9.17, 15) is 5.26 Å². The second-order valence-electron chi connectivity index (χ2n) is 4.83. The summed E-state index contributed by atoms with van der Waals surface area (Å²) in [5.41, 5.74) is 2.61. The van der Waals surface area contributed by atoms with Gasteiger partial charge in [-0.1, -0.05) is 12.1 Å². The van der Waals surface area contributed by atoms with Crippen molar-refractivity contribution in [2.75, 3.05) is 13.7 Å². The molecule has 0 saturated heterocycles. The largest absolute Gasteiger partial charge is 0.493 e. The Morgan fingerprint density at radius 2 is 1.92 bits per heavy atom. The highest BCUT2D eigenvalue weighted by atomic mass is 79.9. The molecule has 2 aromatic rings. The molecule has 0 bridgehead atoms. The van der Waals surface area contributed by atoms with E-state index in [0.717, 1.165) is 15.6 Å². The van der Waals surface area contributed by atoms with E-state index in [4.69, 9.17) is 14.7 Å². The van der Waals surface area contributed by atoms with Crippen LogP contribution in [0, 0.1) is 22.7 Å². The van der Waals surface area contributed by atoms with Gasteiger partial charge in [-0.25, -0.2) is 0 Å². The van der Waals surface area contributed by atoms with Gasteiger partial charge in [-0.05, 0) is 64.3 Å². The van der Waals surface area contributed by atoms with Crippen molar-refractivity contribution in [3.63, 3.8) is 0 Å². The first kappa shape index (κ1) is 17.6. The first-order valence-electron chi connectivity index (χ1n) is 7.25. The van der Waals surface area contributed by atoms with Crippen LogP contribution in [0.3, 0.4) is 0 Å². The van der Waals surface area contributed by atoms with E-state index < -0.39 is 0 Å². The van der Waals surface area contributed by atoms with Crippen molar-refractivity contribution in [1.29, 1.82) is 10.5 Å². The van der Waals surface area contributed by atoms with Gasteiger partial charge in [0.2, 0.25) is 0 Å². The number of hydrogen-bond acceptors (Lipinski definition) is 4. The third kappa shape index (κ3) is 3.95. The summed E-state index contributed by atoms with van der Waals surface area (Å²) >= 11 is 3.47. The molecule has 0 radical (unpaired) electrons. The zero-order chi connectivity index (χ0) is 17.5. The SMILES string of the molecule is CCOc1c(Br)cc(/C=C(/C#N)c2ccc(C#N)cc2)cc1OC. The predicted molar refractivity (Wildman–Crippen MR) is 96.5 cm³/mol. The Morgan fingerprint density at radius 1 is 1.21 bits per heavy atom. The van der Waals surface area contributed by atoms with Crippen LogP contribution in [-0.2, 0) is 0 Å². The number of allylic oxidation sites excluding steroid dienone is 1. The molecule has 4 nitrogen and oxygen atoms in total. The van der Waals surface area contributed by atoms with Crippen molar-refractivity contribution in [3.8, 4) is 23.6 Å². The molecule has 5 heteroatoms. The smallest absolute Gasteiger partial charge is 0.175 e. The fourth-order valence-electron chi connectivity index (χ4n) is 2.18. The average molecular weight is 383 g/mol. The Labute approximate surface area is 149 Å². The lowest BCUT2D eigenvalue weighted by Gasteiger charge is -2.12. The van der Waals surface area contributed by atoms with Crippen LogP contribution < -0.4 is 9.47 Å². The van der Waals surface area contributed by atoms with Crippen molar-refractivity contribution < 1.29 is 9.47 Å². The van der Waals surface area contributed by atoms with Gasteiger partial charge in [0.25, 0.3) is 0 Å². The van der Waals surface area contributed by atoms with Gasteiger partial charge in [-0.2, -0.15) is 10.5 Å². The highest BCUT2D eigenvalue weighted by Crippen LogP contribution is 2.37. The Balaban J connectivity index is 2.46. The van der Waals surface area contributed by atoms with E-state index in [0.29, 0.717) is 29.2 Å². The van der Waals surface area contributed by atoms with Gasteiger partial charge < -0.3 is 9.47 Å². The summed E-state index contributed by atoms with van der Waals surface area (Å²) in [6.45, 7) is 2.43.